The van der Waals surface area contributed by atoms with Crippen molar-refractivity contribution in [2.45, 2.75) is 38.6 Å². The lowest BCUT2D eigenvalue weighted by Gasteiger charge is -2.33. The fourth-order valence-corrected chi connectivity index (χ4v) is 2.07. The van der Waals surface area contributed by atoms with E-state index in [-0.39, 0.29) is 0 Å². The molecule has 1 atom stereocenters. The van der Waals surface area contributed by atoms with Crippen molar-refractivity contribution >= 4 is 5.96 Å². The first kappa shape index (κ1) is 12.3. The van der Waals surface area contributed by atoms with Gasteiger partial charge >= 0.3 is 0 Å². The highest BCUT2D eigenvalue weighted by molar-refractivity contribution is 5.77. The van der Waals surface area contributed by atoms with E-state index in [9.17, 15) is 0 Å². The summed E-state index contributed by atoms with van der Waals surface area (Å²) in [6.45, 7) is 5.69. The molecule has 1 rings (SSSR count). The van der Waals surface area contributed by atoms with Gasteiger partial charge in [0.05, 0.1) is 0 Å². The summed E-state index contributed by atoms with van der Waals surface area (Å²) >= 11 is 0. The Labute approximate surface area is 92.9 Å². The molecule has 0 bridgehead atoms. The van der Waals surface area contributed by atoms with Gasteiger partial charge in [0.15, 0.2) is 5.96 Å². The highest BCUT2D eigenvalue weighted by Crippen LogP contribution is 2.15. The molecule has 4 heteroatoms. The number of nitrogens with zero attached hydrogens (tertiary/aromatic N) is 2. The van der Waals surface area contributed by atoms with E-state index in [1.54, 1.807) is 7.05 Å². The first-order valence-corrected chi connectivity index (χ1v) is 5.94. The smallest absolute Gasteiger partial charge is 0.188 e. The van der Waals surface area contributed by atoms with Gasteiger partial charge in [-0.1, -0.05) is 6.42 Å². The van der Waals surface area contributed by atoms with Gasteiger partial charge in [0.25, 0.3) is 0 Å². The standard InChI is InChI=1S/C11H24N4/c1-10-6-3-4-8-15(10)9-5-7-14-11(12)13-2/h10H,3-9H2,1-2H3,(H3,12,13,14). The van der Waals surface area contributed by atoms with Gasteiger partial charge in [-0.15, -0.1) is 0 Å². The fraction of sp³-hybridized carbons (Fsp3) is 0.909. The molecule has 0 aromatic rings. The van der Waals surface area contributed by atoms with Gasteiger partial charge < -0.3 is 16.0 Å². The number of rotatable bonds is 4. The predicted octanol–water partition coefficient (Wildman–Crippen LogP) is 0.785. The van der Waals surface area contributed by atoms with Gasteiger partial charge in [-0.2, -0.15) is 0 Å². The molecule has 1 fully saturated rings. The van der Waals surface area contributed by atoms with Crippen LogP contribution < -0.4 is 11.1 Å². The number of hydrogen-bond acceptors (Lipinski definition) is 2. The van der Waals surface area contributed by atoms with E-state index in [2.05, 4.69) is 22.1 Å². The van der Waals surface area contributed by atoms with E-state index in [0.29, 0.717) is 5.96 Å². The minimum atomic E-state index is 0.543. The molecule has 0 spiro atoms. The number of aliphatic imine (C=N–C) groups is 1. The molecule has 1 unspecified atom stereocenters. The number of hydrogen-bond donors (Lipinski definition) is 2. The average molecular weight is 212 g/mol. The lowest BCUT2D eigenvalue weighted by Crippen LogP contribution is -2.40. The molecule has 0 aromatic carbocycles. The quantitative estimate of drug-likeness (QED) is 0.411. The Morgan fingerprint density at radius 2 is 2.33 bits per heavy atom. The minimum absolute atomic E-state index is 0.543. The lowest BCUT2D eigenvalue weighted by molar-refractivity contribution is 0.159. The van der Waals surface area contributed by atoms with Crippen LogP contribution in [0.3, 0.4) is 0 Å². The van der Waals surface area contributed by atoms with E-state index in [4.69, 9.17) is 5.73 Å². The zero-order valence-corrected chi connectivity index (χ0v) is 10.00. The van der Waals surface area contributed by atoms with Crippen molar-refractivity contribution in [2.75, 3.05) is 26.7 Å². The van der Waals surface area contributed by atoms with Crippen molar-refractivity contribution < 1.29 is 0 Å². The molecule has 0 aliphatic carbocycles. The van der Waals surface area contributed by atoms with Crippen LogP contribution in [-0.4, -0.2) is 43.6 Å². The summed E-state index contributed by atoms with van der Waals surface area (Å²) in [5.74, 6) is 0.543. The van der Waals surface area contributed by atoms with Crippen molar-refractivity contribution in [3.05, 3.63) is 0 Å². The second-order valence-electron chi connectivity index (χ2n) is 4.27. The molecule has 1 heterocycles. The summed E-state index contributed by atoms with van der Waals surface area (Å²) in [5.41, 5.74) is 5.54. The monoisotopic (exact) mass is 212 g/mol. The molecule has 0 amide bonds. The molecule has 1 saturated heterocycles. The van der Waals surface area contributed by atoms with Crippen molar-refractivity contribution in [2.24, 2.45) is 10.7 Å². The lowest BCUT2D eigenvalue weighted by atomic mass is 10.0. The van der Waals surface area contributed by atoms with Crippen molar-refractivity contribution in [3.8, 4) is 0 Å². The zero-order chi connectivity index (χ0) is 11.1. The molecule has 0 saturated carbocycles. The molecule has 88 valence electrons. The van der Waals surface area contributed by atoms with E-state index >= 15 is 0 Å². The third-order valence-corrected chi connectivity index (χ3v) is 3.11. The highest BCUT2D eigenvalue weighted by atomic mass is 15.2. The van der Waals surface area contributed by atoms with Crippen LogP contribution in [0.1, 0.15) is 32.6 Å². The number of nitrogens with two attached hydrogens (primary N) is 1. The van der Waals surface area contributed by atoms with Crippen LogP contribution in [0, 0.1) is 0 Å². The van der Waals surface area contributed by atoms with E-state index in [1.165, 1.54) is 32.4 Å². The van der Waals surface area contributed by atoms with Crippen molar-refractivity contribution in [3.63, 3.8) is 0 Å². The third kappa shape index (κ3) is 4.51. The Hall–Kier alpha value is -0.770. The molecular formula is C11H24N4. The van der Waals surface area contributed by atoms with Crippen LogP contribution >= 0.6 is 0 Å². The van der Waals surface area contributed by atoms with Gasteiger partial charge in [0, 0.05) is 26.2 Å². The fourth-order valence-electron chi connectivity index (χ4n) is 2.07. The first-order chi connectivity index (χ1) is 7.24. The SMILES string of the molecule is CN=C(N)NCCCN1CCCCC1C. The van der Waals surface area contributed by atoms with Gasteiger partial charge in [-0.3, -0.25) is 4.99 Å². The van der Waals surface area contributed by atoms with E-state index in [0.717, 1.165) is 19.0 Å². The molecular weight excluding hydrogens is 188 g/mol. The van der Waals surface area contributed by atoms with Crippen LogP contribution in [0.5, 0.6) is 0 Å². The van der Waals surface area contributed by atoms with Crippen LogP contribution in [-0.2, 0) is 0 Å². The average Bonchev–Trinajstić information content (AvgIpc) is 2.26. The Kier molecular flexibility index (Phi) is 5.47. The summed E-state index contributed by atoms with van der Waals surface area (Å²) in [6.07, 6.45) is 5.24. The summed E-state index contributed by atoms with van der Waals surface area (Å²) in [7, 11) is 1.70. The molecule has 0 aromatic heterocycles. The van der Waals surface area contributed by atoms with Gasteiger partial charge in [0.1, 0.15) is 0 Å². The Morgan fingerprint density at radius 1 is 1.53 bits per heavy atom. The number of nitrogens with one attached hydrogen (secondary N) is 1. The summed E-state index contributed by atoms with van der Waals surface area (Å²) in [6, 6.07) is 0.760. The molecule has 3 N–H and O–H groups in total. The molecule has 15 heavy (non-hydrogen) atoms. The number of guanidine groups is 1. The van der Waals surface area contributed by atoms with E-state index < -0.39 is 0 Å². The predicted molar refractivity (Wildman–Crippen MR) is 65.1 cm³/mol. The molecule has 4 nitrogen and oxygen atoms in total. The maximum absolute atomic E-state index is 5.54. The van der Waals surface area contributed by atoms with Crippen molar-refractivity contribution in [1.82, 2.24) is 10.2 Å². The molecule has 1 aliphatic rings. The maximum Gasteiger partial charge on any atom is 0.188 e. The van der Waals surface area contributed by atoms with Gasteiger partial charge in [-0.25, -0.2) is 0 Å². The summed E-state index contributed by atoms with van der Waals surface area (Å²) in [4.78, 5) is 6.43. The molecule has 0 radical (unpaired) electrons. The first-order valence-electron chi connectivity index (χ1n) is 5.94. The maximum atomic E-state index is 5.54. The van der Waals surface area contributed by atoms with Crippen LogP contribution in [0.15, 0.2) is 4.99 Å². The summed E-state index contributed by atoms with van der Waals surface area (Å²) in [5, 5.41) is 3.09. The molecule has 1 aliphatic heterocycles. The van der Waals surface area contributed by atoms with Crippen LogP contribution in [0.4, 0.5) is 0 Å². The van der Waals surface area contributed by atoms with Crippen LogP contribution in [0.2, 0.25) is 0 Å². The van der Waals surface area contributed by atoms with Gasteiger partial charge in [-0.05, 0) is 32.7 Å². The van der Waals surface area contributed by atoms with Crippen LogP contribution in [0.25, 0.3) is 0 Å². The Morgan fingerprint density at radius 3 is 3.00 bits per heavy atom. The number of piperidine rings is 1. The Balaban J connectivity index is 2.08. The summed E-state index contributed by atoms with van der Waals surface area (Å²) < 4.78 is 0. The topological polar surface area (TPSA) is 53.6 Å². The largest absolute Gasteiger partial charge is 0.370 e. The highest BCUT2D eigenvalue weighted by Gasteiger charge is 2.16. The van der Waals surface area contributed by atoms with E-state index in [1.807, 2.05) is 0 Å². The Bertz CT molecular complexity index is 203. The van der Waals surface area contributed by atoms with Gasteiger partial charge in [0.2, 0.25) is 0 Å². The second kappa shape index (κ2) is 6.67. The van der Waals surface area contributed by atoms with Crippen molar-refractivity contribution in [1.29, 1.82) is 0 Å². The zero-order valence-electron chi connectivity index (χ0n) is 10.00. The number of likely N-dealkylation sites (tertiary alicyclic amines) is 1. The normalized spacial score (nSPS) is 24.1. The second-order valence-corrected chi connectivity index (χ2v) is 4.27. The minimum Gasteiger partial charge on any atom is -0.370 e. The third-order valence-electron chi connectivity index (χ3n) is 3.11.